The third kappa shape index (κ3) is 7.39. The van der Waals surface area contributed by atoms with Crippen LogP contribution in [-0.2, 0) is 25.0 Å². The molecular weight excluding hydrogens is 741 g/mol. The number of hydrogen-bond donors (Lipinski definition) is 0. The number of hydrogen-bond acceptors (Lipinski definition) is 6. The Labute approximate surface area is 351 Å². The Morgan fingerprint density at radius 1 is 0.683 bits per heavy atom. The molecular formula is C51H48N8O. The van der Waals surface area contributed by atoms with Gasteiger partial charge in [0.05, 0.1) is 18.5 Å². The van der Waals surface area contributed by atoms with Crippen LogP contribution in [0.3, 0.4) is 0 Å². The molecule has 0 aliphatic rings. The third-order valence-electron chi connectivity index (χ3n) is 11.4. The molecule has 0 aliphatic heterocycles. The van der Waals surface area contributed by atoms with Gasteiger partial charge in [-0.05, 0) is 75.2 Å². The zero-order valence-corrected chi connectivity index (χ0v) is 34.1. The Morgan fingerprint density at radius 3 is 1.97 bits per heavy atom. The van der Waals surface area contributed by atoms with Gasteiger partial charge in [-0.3, -0.25) is 0 Å². The number of benzene rings is 6. The highest BCUT2D eigenvalue weighted by atomic mass is 16.5. The molecule has 0 N–H and O–H groups in total. The van der Waals surface area contributed by atoms with Crippen LogP contribution in [0, 0.1) is 6.92 Å². The lowest BCUT2D eigenvalue weighted by Gasteiger charge is -2.36. The largest absolute Gasteiger partial charge is 0.491 e. The zero-order chi connectivity index (χ0) is 40.7. The van der Waals surface area contributed by atoms with Crippen molar-refractivity contribution in [1.82, 2.24) is 39.3 Å². The lowest BCUT2D eigenvalue weighted by Crippen LogP contribution is -2.39. The Morgan fingerprint density at radius 2 is 1.33 bits per heavy atom. The molecule has 0 unspecified atom stereocenters. The summed E-state index contributed by atoms with van der Waals surface area (Å²) >= 11 is 0. The summed E-state index contributed by atoms with van der Waals surface area (Å²) < 4.78 is 13.0. The highest BCUT2D eigenvalue weighted by molar-refractivity contribution is 5.86. The standard InChI is InChI=1S/C51H48N8O/c1-3-4-25-47-53-48-38(2)26-31-46(60-35-16-33-57-34-32-52-37-57)49(48)58(47)36-39-27-29-40(30-28-39)44-23-14-15-24-45(44)50-54-55-56-59(50)51(41-17-8-5-9-18-41,42-19-10-6-11-20-42)43-21-12-7-13-22-43/h5-15,17-24,26-32,34,37H,3-4,16,25,33,35-36H2,1-2H3. The summed E-state index contributed by atoms with van der Waals surface area (Å²) in [4.78, 5) is 9.40. The summed E-state index contributed by atoms with van der Waals surface area (Å²) in [6.07, 6.45) is 9.59. The minimum atomic E-state index is -0.858. The van der Waals surface area contributed by atoms with Crippen molar-refractivity contribution in [2.45, 2.75) is 58.2 Å². The van der Waals surface area contributed by atoms with Gasteiger partial charge in [-0.15, -0.1) is 5.10 Å². The molecule has 9 rings (SSSR count). The van der Waals surface area contributed by atoms with Gasteiger partial charge in [-0.25, -0.2) is 14.6 Å². The number of aryl methyl sites for hydroxylation is 3. The van der Waals surface area contributed by atoms with Crippen LogP contribution in [0.4, 0.5) is 0 Å². The number of tetrazole rings is 1. The predicted molar refractivity (Wildman–Crippen MR) is 238 cm³/mol. The maximum Gasteiger partial charge on any atom is 0.184 e. The average Bonchev–Trinajstić information content (AvgIpc) is 4.09. The fraction of sp³-hybridized carbons (Fsp3) is 0.196. The van der Waals surface area contributed by atoms with E-state index in [0.29, 0.717) is 19.0 Å². The molecule has 0 bridgehead atoms. The first kappa shape index (κ1) is 38.4. The molecule has 0 fully saturated rings. The summed E-state index contributed by atoms with van der Waals surface area (Å²) in [5.41, 5.74) is 9.77. The number of nitrogens with zero attached hydrogens (tertiary/aromatic N) is 8. The smallest absolute Gasteiger partial charge is 0.184 e. The zero-order valence-electron chi connectivity index (χ0n) is 34.1. The monoisotopic (exact) mass is 788 g/mol. The van der Waals surface area contributed by atoms with Gasteiger partial charge < -0.3 is 13.9 Å². The summed E-state index contributed by atoms with van der Waals surface area (Å²) in [6.45, 7) is 6.50. The fourth-order valence-corrected chi connectivity index (χ4v) is 8.43. The Kier molecular flexibility index (Phi) is 11.1. The number of rotatable bonds is 16. The highest BCUT2D eigenvalue weighted by Gasteiger charge is 2.42. The third-order valence-corrected chi connectivity index (χ3v) is 11.4. The summed E-state index contributed by atoms with van der Waals surface area (Å²) in [6, 6.07) is 53.1. The van der Waals surface area contributed by atoms with Crippen LogP contribution in [0.15, 0.2) is 170 Å². The fourth-order valence-electron chi connectivity index (χ4n) is 8.43. The molecule has 60 heavy (non-hydrogen) atoms. The molecule has 9 nitrogen and oxygen atoms in total. The Hall–Kier alpha value is -7.13. The predicted octanol–water partition coefficient (Wildman–Crippen LogP) is 10.6. The van der Waals surface area contributed by atoms with Crippen LogP contribution >= 0.6 is 0 Å². The van der Waals surface area contributed by atoms with Gasteiger partial charge in [0.2, 0.25) is 0 Å². The molecule has 9 heteroatoms. The van der Waals surface area contributed by atoms with Crippen LogP contribution in [0.2, 0.25) is 0 Å². The maximum atomic E-state index is 6.50. The van der Waals surface area contributed by atoms with Gasteiger partial charge in [-0.2, -0.15) is 0 Å². The quantitative estimate of drug-likeness (QED) is 0.0716. The van der Waals surface area contributed by atoms with Crippen molar-refractivity contribution < 1.29 is 4.74 Å². The average molecular weight is 789 g/mol. The van der Waals surface area contributed by atoms with Gasteiger partial charge in [0.25, 0.3) is 0 Å². The maximum absolute atomic E-state index is 6.50. The van der Waals surface area contributed by atoms with E-state index in [4.69, 9.17) is 20.0 Å². The van der Waals surface area contributed by atoms with Crippen molar-refractivity contribution >= 4 is 11.0 Å². The molecule has 0 amide bonds. The van der Waals surface area contributed by atoms with E-state index < -0.39 is 5.54 Å². The Bertz CT molecular complexity index is 2680. The molecule has 0 saturated carbocycles. The number of imidazole rings is 2. The number of aromatic nitrogens is 8. The second-order valence-electron chi connectivity index (χ2n) is 15.3. The van der Waals surface area contributed by atoms with Crippen molar-refractivity contribution in [3.05, 3.63) is 204 Å². The van der Waals surface area contributed by atoms with E-state index in [1.165, 1.54) is 5.56 Å². The van der Waals surface area contributed by atoms with E-state index in [-0.39, 0.29) is 0 Å². The van der Waals surface area contributed by atoms with Crippen molar-refractivity contribution in [2.24, 2.45) is 0 Å². The number of unbranched alkanes of at least 4 members (excludes halogenated alkanes) is 1. The van der Waals surface area contributed by atoms with Crippen LogP contribution in [0.1, 0.15) is 59.8 Å². The van der Waals surface area contributed by atoms with Crippen molar-refractivity contribution in [3.63, 3.8) is 0 Å². The van der Waals surface area contributed by atoms with Crippen molar-refractivity contribution in [2.75, 3.05) is 6.61 Å². The van der Waals surface area contributed by atoms with Crippen LogP contribution in [0.25, 0.3) is 33.5 Å². The second-order valence-corrected chi connectivity index (χ2v) is 15.3. The molecule has 0 atom stereocenters. The van der Waals surface area contributed by atoms with Crippen LogP contribution < -0.4 is 4.74 Å². The molecule has 0 radical (unpaired) electrons. The van der Waals surface area contributed by atoms with Crippen molar-refractivity contribution in [1.29, 1.82) is 0 Å². The van der Waals surface area contributed by atoms with Gasteiger partial charge in [-0.1, -0.05) is 159 Å². The first-order valence-corrected chi connectivity index (χ1v) is 20.9. The first-order chi connectivity index (χ1) is 29.6. The van der Waals surface area contributed by atoms with Crippen molar-refractivity contribution in [3.8, 4) is 28.3 Å². The lowest BCUT2D eigenvalue weighted by molar-refractivity contribution is 0.304. The van der Waals surface area contributed by atoms with E-state index >= 15 is 0 Å². The van der Waals surface area contributed by atoms with E-state index in [1.807, 2.05) is 41.6 Å². The minimum absolute atomic E-state index is 0.604. The molecule has 0 spiro atoms. The first-order valence-electron chi connectivity index (χ1n) is 20.9. The molecule has 3 aromatic heterocycles. The minimum Gasteiger partial charge on any atom is -0.491 e. The summed E-state index contributed by atoms with van der Waals surface area (Å²) in [7, 11) is 0. The molecule has 298 valence electrons. The SMILES string of the molecule is CCCCc1nc2c(C)ccc(OCCCn3ccnc3)c2n1Cc1ccc(-c2ccccc2-c2nnnn2C(c2ccccc2)(c2ccccc2)c2ccccc2)cc1. The lowest BCUT2D eigenvalue weighted by atomic mass is 9.77. The van der Waals surface area contributed by atoms with Crippen LogP contribution in [-0.4, -0.2) is 45.9 Å². The van der Waals surface area contributed by atoms with E-state index in [2.05, 4.69) is 167 Å². The molecule has 6 aromatic carbocycles. The number of ether oxygens (including phenoxy) is 1. The second kappa shape index (κ2) is 17.4. The normalized spacial score (nSPS) is 11.6. The van der Waals surface area contributed by atoms with E-state index in [1.54, 1.807) is 0 Å². The van der Waals surface area contributed by atoms with E-state index in [9.17, 15) is 0 Å². The van der Waals surface area contributed by atoms with Gasteiger partial charge >= 0.3 is 0 Å². The van der Waals surface area contributed by atoms with Gasteiger partial charge in [0.1, 0.15) is 22.6 Å². The molecule has 9 aromatic rings. The highest BCUT2D eigenvalue weighted by Crippen LogP contribution is 2.43. The molecule has 0 saturated heterocycles. The van der Waals surface area contributed by atoms with Crippen LogP contribution in [0.5, 0.6) is 5.75 Å². The summed E-state index contributed by atoms with van der Waals surface area (Å²) in [5.74, 6) is 2.63. The molecule has 3 heterocycles. The van der Waals surface area contributed by atoms with Gasteiger partial charge in [0.15, 0.2) is 5.82 Å². The topological polar surface area (TPSA) is 88.5 Å². The molecule has 0 aliphatic carbocycles. The number of fused-ring (bicyclic) bond motifs is 1. The Balaban J connectivity index is 1.08. The van der Waals surface area contributed by atoms with Gasteiger partial charge in [0, 0.05) is 37.5 Å². The van der Waals surface area contributed by atoms with E-state index in [0.717, 1.165) is 93.8 Å². The summed E-state index contributed by atoms with van der Waals surface area (Å²) in [5, 5.41) is 14.0.